The van der Waals surface area contributed by atoms with E-state index < -0.39 is 0 Å². The fourth-order valence-electron chi connectivity index (χ4n) is 3.26. The fraction of sp³-hybridized carbons (Fsp3) is 0.0769. The van der Waals surface area contributed by atoms with Crippen molar-refractivity contribution in [2.45, 2.75) is 0 Å². The topological polar surface area (TPSA) is 66.4 Å². The SMILES string of the molecule is CN(C(=O)c1ccccc1)c1cccc(-c2cccc(N(C)C(=O)c3ccccc3)n2)n1. The monoisotopic (exact) mass is 422 g/mol. The van der Waals surface area contributed by atoms with Crippen molar-refractivity contribution >= 4 is 23.5 Å². The second-order valence-corrected chi connectivity index (χ2v) is 7.22. The van der Waals surface area contributed by atoms with Crippen molar-refractivity contribution in [1.82, 2.24) is 9.97 Å². The third-order valence-corrected chi connectivity index (χ3v) is 5.07. The van der Waals surface area contributed by atoms with Crippen LogP contribution in [0.2, 0.25) is 0 Å². The van der Waals surface area contributed by atoms with Crippen LogP contribution in [0.25, 0.3) is 11.4 Å². The van der Waals surface area contributed by atoms with Crippen LogP contribution >= 0.6 is 0 Å². The van der Waals surface area contributed by atoms with E-state index in [9.17, 15) is 9.59 Å². The molecule has 6 nitrogen and oxygen atoms in total. The molecule has 32 heavy (non-hydrogen) atoms. The maximum atomic E-state index is 12.8. The maximum absolute atomic E-state index is 12.8. The van der Waals surface area contributed by atoms with Gasteiger partial charge in [0.25, 0.3) is 11.8 Å². The number of nitrogens with zero attached hydrogens (tertiary/aromatic N) is 4. The van der Waals surface area contributed by atoms with Crippen LogP contribution in [0.15, 0.2) is 97.1 Å². The molecule has 2 aromatic heterocycles. The van der Waals surface area contributed by atoms with Crippen molar-refractivity contribution in [3.63, 3.8) is 0 Å². The van der Waals surface area contributed by atoms with Crippen molar-refractivity contribution in [3.05, 3.63) is 108 Å². The second-order valence-electron chi connectivity index (χ2n) is 7.22. The summed E-state index contributed by atoms with van der Waals surface area (Å²) in [6.07, 6.45) is 0. The van der Waals surface area contributed by atoms with Gasteiger partial charge in [-0.25, -0.2) is 9.97 Å². The minimum absolute atomic E-state index is 0.148. The number of carbonyl (C=O) groups excluding carboxylic acids is 2. The van der Waals surface area contributed by atoms with E-state index in [0.717, 1.165) is 0 Å². The first-order chi connectivity index (χ1) is 15.5. The molecule has 0 saturated carbocycles. The van der Waals surface area contributed by atoms with Crippen LogP contribution in [0.3, 0.4) is 0 Å². The standard InChI is InChI=1S/C26H22N4O2/c1-29(25(31)19-11-5-3-6-12-19)23-17-9-15-21(27-23)22-16-10-18-24(28-22)30(2)26(32)20-13-7-4-8-14-20/h3-18H,1-2H3. The molecule has 2 amide bonds. The minimum atomic E-state index is -0.148. The Morgan fingerprint density at radius 1 is 0.531 bits per heavy atom. The zero-order chi connectivity index (χ0) is 22.5. The average Bonchev–Trinajstić information content (AvgIpc) is 2.88. The van der Waals surface area contributed by atoms with E-state index in [-0.39, 0.29) is 11.8 Å². The summed E-state index contributed by atoms with van der Waals surface area (Å²) in [7, 11) is 3.38. The molecular formula is C26H22N4O2. The van der Waals surface area contributed by atoms with Gasteiger partial charge in [-0.1, -0.05) is 48.5 Å². The molecule has 0 radical (unpaired) electrons. The molecule has 0 fully saturated rings. The summed E-state index contributed by atoms with van der Waals surface area (Å²) in [6.45, 7) is 0. The lowest BCUT2D eigenvalue weighted by Gasteiger charge is -2.18. The Hall–Kier alpha value is -4.32. The lowest BCUT2D eigenvalue weighted by atomic mass is 10.2. The van der Waals surface area contributed by atoms with Crippen LogP contribution in [-0.4, -0.2) is 35.9 Å². The molecular weight excluding hydrogens is 400 g/mol. The third kappa shape index (κ3) is 4.39. The molecule has 158 valence electrons. The van der Waals surface area contributed by atoms with E-state index in [1.807, 2.05) is 60.7 Å². The van der Waals surface area contributed by atoms with Crippen molar-refractivity contribution < 1.29 is 9.59 Å². The lowest BCUT2D eigenvalue weighted by molar-refractivity contribution is 0.0984. The largest absolute Gasteiger partial charge is 0.296 e. The summed E-state index contributed by atoms with van der Waals surface area (Å²) in [5, 5.41) is 0. The van der Waals surface area contributed by atoms with Crippen molar-refractivity contribution in [3.8, 4) is 11.4 Å². The van der Waals surface area contributed by atoms with Crippen LogP contribution in [0.1, 0.15) is 20.7 Å². The van der Waals surface area contributed by atoms with Crippen LogP contribution in [0.4, 0.5) is 11.6 Å². The van der Waals surface area contributed by atoms with Gasteiger partial charge in [0.05, 0.1) is 11.4 Å². The van der Waals surface area contributed by atoms with Crippen molar-refractivity contribution in [2.75, 3.05) is 23.9 Å². The van der Waals surface area contributed by atoms with E-state index >= 15 is 0 Å². The first kappa shape index (κ1) is 20.9. The Balaban J connectivity index is 1.60. The van der Waals surface area contributed by atoms with Gasteiger partial charge in [-0.2, -0.15) is 0 Å². The summed E-state index contributed by atoms with van der Waals surface area (Å²) in [5.74, 6) is 0.727. The molecule has 6 heteroatoms. The van der Waals surface area contributed by atoms with Crippen molar-refractivity contribution in [1.29, 1.82) is 0 Å². The van der Waals surface area contributed by atoms with E-state index in [2.05, 4.69) is 9.97 Å². The highest BCUT2D eigenvalue weighted by Crippen LogP contribution is 2.22. The van der Waals surface area contributed by atoms with Gasteiger partial charge >= 0.3 is 0 Å². The van der Waals surface area contributed by atoms with Crippen molar-refractivity contribution in [2.24, 2.45) is 0 Å². The molecule has 2 heterocycles. The fourth-order valence-corrected chi connectivity index (χ4v) is 3.26. The van der Waals surface area contributed by atoms with Gasteiger partial charge in [-0.05, 0) is 48.5 Å². The summed E-state index contributed by atoms with van der Waals surface area (Å²) in [4.78, 5) is 37.8. The maximum Gasteiger partial charge on any atom is 0.259 e. The molecule has 0 aliphatic carbocycles. The number of amides is 2. The smallest absolute Gasteiger partial charge is 0.259 e. The molecule has 0 saturated heterocycles. The number of hydrogen-bond donors (Lipinski definition) is 0. The Morgan fingerprint density at radius 3 is 1.28 bits per heavy atom. The van der Waals surface area contributed by atoms with Gasteiger partial charge < -0.3 is 0 Å². The summed E-state index contributed by atoms with van der Waals surface area (Å²) in [6, 6.07) is 29.0. The normalized spacial score (nSPS) is 10.4. The number of anilines is 2. The molecule has 0 aliphatic heterocycles. The highest BCUT2D eigenvalue weighted by Gasteiger charge is 2.17. The first-order valence-electron chi connectivity index (χ1n) is 10.2. The Labute approximate surface area is 186 Å². The van der Waals surface area contributed by atoms with Crippen LogP contribution in [-0.2, 0) is 0 Å². The van der Waals surface area contributed by atoms with E-state index in [1.54, 1.807) is 50.5 Å². The zero-order valence-electron chi connectivity index (χ0n) is 17.8. The van der Waals surface area contributed by atoms with Gasteiger partial charge in [-0.15, -0.1) is 0 Å². The van der Waals surface area contributed by atoms with E-state index in [0.29, 0.717) is 34.2 Å². The molecule has 0 bridgehead atoms. The predicted molar refractivity (Wildman–Crippen MR) is 126 cm³/mol. The number of pyridine rings is 2. The first-order valence-corrected chi connectivity index (χ1v) is 10.2. The van der Waals surface area contributed by atoms with Crippen LogP contribution in [0, 0.1) is 0 Å². The molecule has 0 N–H and O–H groups in total. The van der Waals surface area contributed by atoms with Crippen LogP contribution < -0.4 is 9.80 Å². The Morgan fingerprint density at radius 2 is 0.906 bits per heavy atom. The van der Waals surface area contributed by atoms with Gasteiger partial charge in [0.1, 0.15) is 11.6 Å². The molecule has 0 spiro atoms. The number of hydrogen-bond acceptors (Lipinski definition) is 4. The molecule has 0 aliphatic rings. The summed E-state index contributed by atoms with van der Waals surface area (Å²) >= 11 is 0. The van der Waals surface area contributed by atoms with E-state index in [1.165, 1.54) is 9.80 Å². The van der Waals surface area contributed by atoms with Gasteiger partial charge in [0.2, 0.25) is 0 Å². The Kier molecular flexibility index (Phi) is 6.03. The average molecular weight is 422 g/mol. The van der Waals surface area contributed by atoms with Gasteiger partial charge in [0, 0.05) is 25.2 Å². The molecule has 0 atom stereocenters. The second kappa shape index (κ2) is 9.22. The van der Waals surface area contributed by atoms with Crippen LogP contribution in [0.5, 0.6) is 0 Å². The summed E-state index contributed by atoms with van der Waals surface area (Å²) in [5.41, 5.74) is 2.39. The quantitative estimate of drug-likeness (QED) is 0.468. The van der Waals surface area contributed by atoms with Gasteiger partial charge in [-0.3, -0.25) is 19.4 Å². The molecule has 2 aromatic carbocycles. The minimum Gasteiger partial charge on any atom is -0.296 e. The molecule has 4 rings (SSSR count). The van der Waals surface area contributed by atoms with E-state index in [4.69, 9.17) is 0 Å². The number of benzene rings is 2. The number of aromatic nitrogens is 2. The highest BCUT2D eigenvalue weighted by atomic mass is 16.2. The third-order valence-electron chi connectivity index (χ3n) is 5.07. The molecule has 4 aromatic rings. The lowest BCUT2D eigenvalue weighted by Crippen LogP contribution is -2.27. The molecule has 0 unspecified atom stereocenters. The summed E-state index contributed by atoms with van der Waals surface area (Å²) < 4.78 is 0. The zero-order valence-corrected chi connectivity index (χ0v) is 17.8. The van der Waals surface area contributed by atoms with Gasteiger partial charge in [0.15, 0.2) is 0 Å². The predicted octanol–water partition coefficient (Wildman–Crippen LogP) is 4.70. The Bertz CT molecular complexity index is 1140. The number of rotatable bonds is 5. The number of carbonyl (C=O) groups is 2. The highest BCUT2D eigenvalue weighted by molar-refractivity contribution is 6.06.